The molecule has 0 heterocycles. The molecule has 0 spiro atoms. The molecule has 24 heavy (non-hydrogen) atoms. The molecule has 0 aliphatic carbocycles. The summed E-state index contributed by atoms with van der Waals surface area (Å²) in [5.41, 5.74) is 1.42. The van der Waals surface area contributed by atoms with Crippen LogP contribution in [-0.2, 0) is 16.6 Å². The largest absolute Gasteiger partial charge is 0.161 e. The third kappa shape index (κ3) is 3.08. The van der Waals surface area contributed by atoms with E-state index in [1.807, 2.05) is 0 Å². The molecule has 0 saturated heterocycles. The number of fused-ring (bicyclic) bond motifs is 1. The standard InChI is InChI=1S/C23H19S/c1-3-13-21(14-4-1)24(22-15-5-2-6-16-22)18-20-12-9-11-19-10-7-8-17-23(19)20/h1-17H,18H2/q+1. The molecule has 4 rings (SSSR count). The van der Waals surface area contributed by atoms with Gasteiger partial charge in [0.05, 0.1) is 10.9 Å². The van der Waals surface area contributed by atoms with E-state index >= 15 is 0 Å². The van der Waals surface area contributed by atoms with Crippen LogP contribution in [0.2, 0.25) is 0 Å². The molecule has 0 aliphatic rings. The summed E-state index contributed by atoms with van der Waals surface area (Å²) in [6.45, 7) is 0. The Morgan fingerprint density at radius 2 is 1.04 bits per heavy atom. The van der Waals surface area contributed by atoms with Crippen molar-refractivity contribution in [2.45, 2.75) is 15.5 Å². The Morgan fingerprint density at radius 1 is 0.500 bits per heavy atom. The van der Waals surface area contributed by atoms with Crippen molar-refractivity contribution < 1.29 is 0 Å². The van der Waals surface area contributed by atoms with Gasteiger partial charge in [-0.3, -0.25) is 0 Å². The Kier molecular flexibility index (Phi) is 4.35. The molecule has 0 atom stereocenters. The monoisotopic (exact) mass is 327 g/mol. The molecule has 4 aromatic carbocycles. The minimum absolute atomic E-state index is 0.0418. The highest BCUT2D eigenvalue weighted by molar-refractivity contribution is 7.96. The van der Waals surface area contributed by atoms with Crippen LogP contribution in [0.25, 0.3) is 10.8 Å². The van der Waals surface area contributed by atoms with E-state index < -0.39 is 0 Å². The lowest BCUT2D eigenvalue weighted by molar-refractivity contribution is 1.32. The molecule has 0 saturated carbocycles. The van der Waals surface area contributed by atoms with E-state index in [-0.39, 0.29) is 10.9 Å². The summed E-state index contributed by atoms with van der Waals surface area (Å²) in [5, 5.41) is 2.68. The minimum Gasteiger partial charge on any atom is -0.0619 e. The van der Waals surface area contributed by atoms with Crippen molar-refractivity contribution in [2.75, 3.05) is 0 Å². The van der Waals surface area contributed by atoms with E-state index in [2.05, 4.69) is 103 Å². The molecule has 0 unspecified atom stereocenters. The molecule has 0 nitrogen and oxygen atoms in total. The third-order valence-corrected chi connectivity index (χ3v) is 6.52. The molecule has 0 aromatic heterocycles. The maximum atomic E-state index is 2.27. The summed E-state index contributed by atoms with van der Waals surface area (Å²) in [6.07, 6.45) is 0. The van der Waals surface area contributed by atoms with Crippen molar-refractivity contribution in [3.63, 3.8) is 0 Å². The van der Waals surface area contributed by atoms with Gasteiger partial charge in [-0.25, -0.2) is 0 Å². The topological polar surface area (TPSA) is 0 Å². The van der Waals surface area contributed by atoms with Crippen LogP contribution < -0.4 is 0 Å². The van der Waals surface area contributed by atoms with Crippen LogP contribution >= 0.6 is 0 Å². The minimum atomic E-state index is 0.0418. The van der Waals surface area contributed by atoms with Crippen molar-refractivity contribution in [3.8, 4) is 0 Å². The Bertz CT molecular complexity index is 885. The van der Waals surface area contributed by atoms with E-state index in [0.29, 0.717) is 0 Å². The van der Waals surface area contributed by atoms with Gasteiger partial charge in [0.1, 0.15) is 5.75 Å². The fraction of sp³-hybridized carbons (Fsp3) is 0.0435. The van der Waals surface area contributed by atoms with Crippen molar-refractivity contribution in [1.82, 2.24) is 0 Å². The maximum Gasteiger partial charge on any atom is 0.161 e. The second-order valence-corrected chi connectivity index (χ2v) is 7.81. The molecule has 4 aromatic rings. The molecular weight excluding hydrogens is 308 g/mol. The van der Waals surface area contributed by atoms with E-state index in [1.165, 1.54) is 26.1 Å². The third-order valence-electron chi connectivity index (χ3n) is 4.24. The van der Waals surface area contributed by atoms with Gasteiger partial charge in [-0.15, -0.1) is 0 Å². The van der Waals surface area contributed by atoms with Gasteiger partial charge in [0.2, 0.25) is 0 Å². The fourth-order valence-electron chi connectivity index (χ4n) is 3.05. The highest BCUT2D eigenvalue weighted by atomic mass is 32.2. The molecule has 116 valence electrons. The summed E-state index contributed by atoms with van der Waals surface area (Å²) < 4.78 is 0. The highest BCUT2D eigenvalue weighted by Crippen LogP contribution is 2.29. The molecule has 0 fully saturated rings. The Morgan fingerprint density at radius 3 is 1.71 bits per heavy atom. The lowest BCUT2D eigenvalue weighted by Gasteiger charge is -2.10. The van der Waals surface area contributed by atoms with Crippen LogP contribution in [-0.4, -0.2) is 0 Å². The van der Waals surface area contributed by atoms with E-state index in [0.717, 1.165) is 5.75 Å². The van der Waals surface area contributed by atoms with Gasteiger partial charge in [-0.05, 0) is 35.0 Å². The SMILES string of the molecule is c1ccc([S+](Cc2cccc3ccccc23)c2ccccc2)cc1. The second kappa shape index (κ2) is 6.94. The maximum absolute atomic E-state index is 2.27. The molecule has 0 aliphatic heterocycles. The first kappa shape index (κ1) is 15.0. The van der Waals surface area contributed by atoms with Gasteiger partial charge in [0, 0.05) is 5.56 Å². The van der Waals surface area contributed by atoms with Crippen LogP contribution in [0, 0.1) is 0 Å². The van der Waals surface area contributed by atoms with Crippen molar-refractivity contribution in [2.24, 2.45) is 0 Å². The molecule has 0 bridgehead atoms. The van der Waals surface area contributed by atoms with Crippen LogP contribution in [0.15, 0.2) is 113 Å². The summed E-state index contributed by atoms with van der Waals surface area (Å²) >= 11 is 0. The zero-order valence-corrected chi connectivity index (χ0v) is 14.2. The Hall–Kier alpha value is -2.51. The van der Waals surface area contributed by atoms with Crippen LogP contribution in [0.1, 0.15) is 5.56 Å². The first-order chi connectivity index (χ1) is 11.9. The Labute approximate surface area is 146 Å². The fourth-order valence-corrected chi connectivity index (χ4v) is 5.19. The number of benzene rings is 4. The average molecular weight is 327 g/mol. The van der Waals surface area contributed by atoms with Gasteiger partial charge in [0.15, 0.2) is 9.79 Å². The molecule has 0 radical (unpaired) electrons. The molecule has 1 heteroatoms. The van der Waals surface area contributed by atoms with Gasteiger partial charge in [-0.1, -0.05) is 78.9 Å². The smallest absolute Gasteiger partial charge is 0.0619 e. The normalized spacial score (nSPS) is 11.0. The zero-order valence-electron chi connectivity index (χ0n) is 13.4. The summed E-state index contributed by atoms with van der Waals surface area (Å²) in [5.74, 6) is 1.04. The second-order valence-electron chi connectivity index (χ2n) is 5.80. The average Bonchev–Trinajstić information content (AvgIpc) is 2.67. The first-order valence-corrected chi connectivity index (χ1v) is 9.59. The van der Waals surface area contributed by atoms with Gasteiger partial charge >= 0.3 is 0 Å². The number of rotatable bonds is 4. The highest BCUT2D eigenvalue weighted by Gasteiger charge is 2.26. The van der Waals surface area contributed by atoms with Crippen molar-refractivity contribution in [1.29, 1.82) is 0 Å². The predicted molar refractivity (Wildman–Crippen MR) is 104 cm³/mol. The molecule has 0 N–H and O–H groups in total. The van der Waals surface area contributed by atoms with E-state index in [1.54, 1.807) is 0 Å². The molecular formula is C23H19S+. The van der Waals surface area contributed by atoms with Crippen LogP contribution in [0.3, 0.4) is 0 Å². The predicted octanol–water partition coefficient (Wildman–Crippen LogP) is 6.08. The van der Waals surface area contributed by atoms with Crippen molar-refractivity contribution >= 4 is 21.7 Å². The zero-order chi connectivity index (χ0) is 16.2. The van der Waals surface area contributed by atoms with Gasteiger partial charge in [0.25, 0.3) is 0 Å². The van der Waals surface area contributed by atoms with Crippen LogP contribution in [0.4, 0.5) is 0 Å². The first-order valence-electron chi connectivity index (χ1n) is 8.19. The van der Waals surface area contributed by atoms with Crippen molar-refractivity contribution in [3.05, 3.63) is 109 Å². The Balaban J connectivity index is 1.80. The van der Waals surface area contributed by atoms with Gasteiger partial charge < -0.3 is 0 Å². The summed E-state index contributed by atoms with van der Waals surface area (Å²) in [7, 11) is 0.0418. The van der Waals surface area contributed by atoms with E-state index in [4.69, 9.17) is 0 Å². The summed E-state index contributed by atoms with van der Waals surface area (Å²) in [6, 6.07) is 37.1. The van der Waals surface area contributed by atoms with E-state index in [9.17, 15) is 0 Å². The summed E-state index contributed by atoms with van der Waals surface area (Å²) in [4.78, 5) is 2.80. The lowest BCUT2D eigenvalue weighted by Crippen LogP contribution is -2.07. The quantitative estimate of drug-likeness (QED) is 0.399. The lowest BCUT2D eigenvalue weighted by atomic mass is 10.1. The number of hydrogen-bond donors (Lipinski definition) is 0. The van der Waals surface area contributed by atoms with Crippen LogP contribution in [0.5, 0.6) is 0 Å². The van der Waals surface area contributed by atoms with Gasteiger partial charge in [-0.2, -0.15) is 0 Å². The molecule has 0 amide bonds. The number of hydrogen-bond acceptors (Lipinski definition) is 0.